The van der Waals surface area contributed by atoms with E-state index in [1.54, 1.807) is 12.1 Å². The molecule has 0 aromatic heterocycles. The third-order valence-electron chi connectivity index (χ3n) is 5.58. The van der Waals surface area contributed by atoms with E-state index in [2.05, 4.69) is 57.6 Å². The quantitative estimate of drug-likeness (QED) is 0.328. The number of alkyl halides is 3. The van der Waals surface area contributed by atoms with Gasteiger partial charge in [0, 0.05) is 15.7 Å². The van der Waals surface area contributed by atoms with Crippen molar-refractivity contribution >= 4 is 50.7 Å². The fourth-order valence-corrected chi connectivity index (χ4v) is 8.65. The summed E-state index contributed by atoms with van der Waals surface area (Å²) in [5, 5.41) is 5.39. The zero-order valence-electron chi connectivity index (χ0n) is 18.3. The van der Waals surface area contributed by atoms with Gasteiger partial charge in [0.15, 0.2) is 0 Å². The van der Waals surface area contributed by atoms with Gasteiger partial charge in [0.05, 0.1) is 0 Å². The predicted octanol–water partition coefficient (Wildman–Crippen LogP) is 3.45. The summed E-state index contributed by atoms with van der Waals surface area (Å²) < 4.78 is 39.8. The monoisotopic (exact) mass is 621 g/mol. The summed E-state index contributed by atoms with van der Waals surface area (Å²) in [4.78, 5) is 11.8. The minimum Gasteiger partial charge on any atom is -1.00 e. The molecule has 0 aliphatic rings. The van der Waals surface area contributed by atoms with E-state index >= 15 is 0 Å². The van der Waals surface area contributed by atoms with E-state index in [0.717, 1.165) is 15.9 Å². The van der Waals surface area contributed by atoms with E-state index in [4.69, 9.17) is 0 Å². The maximum Gasteiger partial charge on any atom is 0.471 e. The lowest BCUT2D eigenvalue weighted by atomic mass is 10.2. The Bertz CT molecular complexity index is 1170. The van der Waals surface area contributed by atoms with Gasteiger partial charge in [-0.3, -0.25) is 4.79 Å². The molecule has 0 radical (unpaired) electrons. The molecule has 0 fully saturated rings. The number of rotatable bonds is 6. The van der Waals surface area contributed by atoms with Crippen molar-refractivity contribution < 1.29 is 34.9 Å². The molecule has 0 saturated carbocycles. The van der Waals surface area contributed by atoms with Crippen LogP contribution in [0.25, 0.3) is 0 Å². The Morgan fingerprint density at radius 2 is 1.17 bits per heavy atom. The average molecular weight is 623 g/mol. The third-order valence-corrected chi connectivity index (χ3v) is 10.4. The molecule has 0 aliphatic heterocycles. The van der Waals surface area contributed by atoms with Crippen LogP contribution in [-0.2, 0) is 11.0 Å². The van der Waals surface area contributed by atoms with Crippen molar-refractivity contribution in [3.63, 3.8) is 0 Å². The van der Waals surface area contributed by atoms with E-state index in [9.17, 15) is 18.0 Å². The second-order valence-electron chi connectivity index (χ2n) is 7.73. The number of carbonyl (C=O) groups excluding carboxylic acids is 1. The zero-order valence-corrected chi connectivity index (χ0v) is 22.4. The Balaban J connectivity index is 0.00000342. The largest absolute Gasteiger partial charge is 1.00 e. The number of anilines is 1. The highest BCUT2D eigenvalue weighted by Crippen LogP contribution is 2.58. The van der Waals surface area contributed by atoms with Gasteiger partial charge >= 0.3 is 12.1 Å². The summed E-state index contributed by atoms with van der Waals surface area (Å²) in [6, 6.07) is 35.2. The first-order valence-electron chi connectivity index (χ1n) is 10.5. The number of hydrogen-bond donors (Lipinski definition) is 1. The molecular weight excluding hydrogens is 602 g/mol. The molecule has 4 aromatic rings. The van der Waals surface area contributed by atoms with Crippen LogP contribution in [0, 0.1) is 0 Å². The Hall–Kier alpha value is -2.47. The van der Waals surface area contributed by atoms with Crippen LogP contribution in [0.4, 0.5) is 18.9 Å². The SMILES string of the molecule is O=C(Nc1cc(Br)ccc1C[P+](c1ccccc1)(c1ccccc1)c1ccccc1)C(F)(F)F.[Br-]. The summed E-state index contributed by atoms with van der Waals surface area (Å²) in [5.74, 6) is -1.99. The predicted molar refractivity (Wildman–Crippen MR) is 138 cm³/mol. The molecule has 0 aliphatic carbocycles. The fraction of sp³-hybridized carbons (Fsp3) is 0.0741. The van der Waals surface area contributed by atoms with Gasteiger partial charge in [-0.1, -0.05) is 76.6 Å². The lowest BCUT2D eigenvalue weighted by Crippen LogP contribution is -3.00. The van der Waals surface area contributed by atoms with E-state index in [1.807, 2.05) is 54.6 Å². The molecule has 0 spiro atoms. The second-order valence-corrected chi connectivity index (χ2v) is 12.1. The molecule has 0 atom stereocenters. The lowest BCUT2D eigenvalue weighted by molar-refractivity contribution is -0.167. The van der Waals surface area contributed by atoms with Gasteiger partial charge in [0.2, 0.25) is 0 Å². The molecule has 0 bridgehead atoms. The molecule has 180 valence electrons. The Morgan fingerprint density at radius 3 is 1.57 bits per heavy atom. The van der Waals surface area contributed by atoms with Gasteiger partial charge in [0.1, 0.15) is 29.3 Å². The minimum absolute atomic E-state index is 0. The fourth-order valence-electron chi connectivity index (χ4n) is 4.02. The van der Waals surface area contributed by atoms with Gasteiger partial charge in [-0.25, -0.2) is 0 Å². The molecule has 1 amide bonds. The van der Waals surface area contributed by atoms with Crippen LogP contribution in [0.3, 0.4) is 0 Å². The highest BCUT2D eigenvalue weighted by atomic mass is 79.9. The van der Waals surface area contributed by atoms with Gasteiger partial charge in [0.25, 0.3) is 0 Å². The summed E-state index contributed by atoms with van der Waals surface area (Å²) in [6.07, 6.45) is -4.55. The summed E-state index contributed by atoms with van der Waals surface area (Å²) >= 11 is 3.33. The normalized spacial score (nSPS) is 11.4. The average Bonchev–Trinajstić information content (AvgIpc) is 2.85. The second kappa shape index (κ2) is 11.5. The topological polar surface area (TPSA) is 29.1 Å². The standard InChI is InChI=1S/C27H20BrF3NOP.BrH/c28-21-17-16-20(25(18-21)32-26(33)27(29,30)31)19-34(22-10-4-1-5-11-22,23-12-6-2-7-13-23)24-14-8-3-9-15-24;/h1-18H,19H2;1H. The van der Waals surface area contributed by atoms with E-state index in [1.165, 1.54) is 6.07 Å². The molecular formula is C27H21Br2F3NOP. The van der Waals surface area contributed by atoms with Gasteiger partial charge in [-0.05, 0) is 48.5 Å². The van der Waals surface area contributed by atoms with E-state index < -0.39 is 19.3 Å². The van der Waals surface area contributed by atoms with Crippen molar-refractivity contribution in [2.24, 2.45) is 0 Å². The van der Waals surface area contributed by atoms with Crippen LogP contribution in [-0.4, -0.2) is 12.1 Å². The van der Waals surface area contributed by atoms with Crippen molar-refractivity contribution in [1.29, 1.82) is 0 Å². The first kappa shape index (κ1) is 27.1. The van der Waals surface area contributed by atoms with Crippen LogP contribution < -0.4 is 38.2 Å². The van der Waals surface area contributed by atoms with Crippen molar-refractivity contribution in [3.8, 4) is 0 Å². The molecule has 0 unspecified atom stereocenters. The zero-order chi connectivity index (χ0) is 24.2. The Morgan fingerprint density at radius 1 is 0.743 bits per heavy atom. The molecule has 0 heterocycles. The molecule has 1 N–H and O–H groups in total. The maximum absolute atomic E-state index is 13.1. The molecule has 4 rings (SSSR count). The van der Waals surface area contributed by atoms with Crippen LogP contribution in [0.1, 0.15) is 5.56 Å². The van der Waals surface area contributed by atoms with Crippen molar-refractivity contribution in [1.82, 2.24) is 0 Å². The van der Waals surface area contributed by atoms with Crippen LogP contribution in [0.15, 0.2) is 114 Å². The Labute approximate surface area is 221 Å². The van der Waals surface area contributed by atoms with Crippen molar-refractivity contribution in [3.05, 3.63) is 119 Å². The molecule has 0 saturated heterocycles. The van der Waals surface area contributed by atoms with Crippen LogP contribution >= 0.6 is 23.2 Å². The number of carbonyl (C=O) groups is 1. The van der Waals surface area contributed by atoms with Crippen LogP contribution in [0.5, 0.6) is 0 Å². The molecule has 35 heavy (non-hydrogen) atoms. The highest BCUT2D eigenvalue weighted by molar-refractivity contribution is 9.10. The summed E-state index contributed by atoms with van der Waals surface area (Å²) in [6.45, 7) is 0. The van der Waals surface area contributed by atoms with Crippen LogP contribution in [0.2, 0.25) is 0 Å². The van der Waals surface area contributed by atoms with Crippen molar-refractivity contribution in [2.75, 3.05) is 5.32 Å². The molecule has 4 aromatic carbocycles. The number of nitrogens with one attached hydrogen (secondary N) is 1. The molecule has 8 heteroatoms. The smallest absolute Gasteiger partial charge is 0.471 e. The molecule has 2 nitrogen and oxygen atoms in total. The Kier molecular flexibility index (Phi) is 8.92. The number of halogens is 5. The number of amides is 1. The number of benzene rings is 4. The first-order chi connectivity index (χ1) is 16.3. The van der Waals surface area contributed by atoms with Crippen molar-refractivity contribution in [2.45, 2.75) is 12.3 Å². The van der Waals surface area contributed by atoms with Gasteiger partial charge in [-0.2, -0.15) is 13.2 Å². The van der Waals surface area contributed by atoms with E-state index in [0.29, 0.717) is 16.2 Å². The van der Waals surface area contributed by atoms with Gasteiger partial charge in [-0.15, -0.1) is 0 Å². The summed E-state index contributed by atoms with van der Waals surface area (Å²) in [7, 11) is -2.35. The first-order valence-corrected chi connectivity index (χ1v) is 13.3. The maximum atomic E-state index is 13.1. The van der Waals surface area contributed by atoms with Gasteiger partial charge < -0.3 is 22.3 Å². The number of hydrogen-bond acceptors (Lipinski definition) is 1. The van der Waals surface area contributed by atoms with E-state index in [-0.39, 0.29) is 22.7 Å². The minimum atomic E-state index is -4.98. The summed E-state index contributed by atoms with van der Waals surface area (Å²) in [5.41, 5.74) is 0.773. The highest BCUT2D eigenvalue weighted by Gasteiger charge is 2.46. The lowest BCUT2D eigenvalue weighted by Gasteiger charge is -2.28. The third kappa shape index (κ3) is 6.03.